The number of hydrazine groups is 1. The van der Waals surface area contributed by atoms with Gasteiger partial charge in [-0.15, -0.1) is 11.3 Å². The largest absolute Gasteiger partial charge is 0.334 e. The molecule has 0 spiro atoms. The van der Waals surface area contributed by atoms with Gasteiger partial charge in [0.05, 0.1) is 4.91 Å². The van der Waals surface area contributed by atoms with Crippen molar-refractivity contribution in [3.8, 4) is 0 Å². The molecule has 0 atom stereocenters. The number of carbonyl (C=O) groups excluding carboxylic acids is 2. The highest BCUT2D eigenvalue weighted by Gasteiger charge is 2.34. The highest BCUT2D eigenvalue weighted by molar-refractivity contribution is 8.26. The molecule has 1 saturated carbocycles. The van der Waals surface area contributed by atoms with Crippen LogP contribution in [0.2, 0.25) is 0 Å². The summed E-state index contributed by atoms with van der Waals surface area (Å²) in [6, 6.07) is 3.67. The van der Waals surface area contributed by atoms with Gasteiger partial charge in [0.2, 0.25) is 0 Å². The molecule has 3 rings (SSSR count). The first-order valence-electron chi connectivity index (χ1n) is 7.52. The molecule has 0 radical (unpaired) electrons. The molecule has 0 unspecified atom stereocenters. The fourth-order valence-corrected chi connectivity index (χ4v) is 4.54. The zero-order valence-corrected chi connectivity index (χ0v) is 14.9. The van der Waals surface area contributed by atoms with E-state index in [0.717, 1.165) is 35.6 Å². The number of thiophene rings is 1. The topological polar surface area (TPSA) is 61.4 Å². The van der Waals surface area contributed by atoms with Crippen molar-refractivity contribution >= 4 is 57.7 Å². The summed E-state index contributed by atoms with van der Waals surface area (Å²) in [5.41, 5.74) is 2.57. The van der Waals surface area contributed by atoms with E-state index in [1.165, 1.54) is 18.2 Å². The standard InChI is InChI=1S/C15H17N3O2S3/c19-13-12(9-11-7-4-8-22-11)23-15(21)18(13)17-14(20)16-10-5-2-1-3-6-10/h4,7-10H,1-3,5-6H2,(H2,16,17,20)/b12-9-. The number of hydrogen-bond acceptors (Lipinski definition) is 5. The molecule has 5 nitrogen and oxygen atoms in total. The van der Waals surface area contributed by atoms with E-state index in [1.54, 1.807) is 17.4 Å². The highest BCUT2D eigenvalue weighted by Crippen LogP contribution is 2.32. The van der Waals surface area contributed by atoms with Crippen molar-refractivity contribution < 1.29 is 9.59 Å². The van der Waals surface area contributed by atoms with E-state index in [2.05, 4.69) is 10.7 Å². The van der Waals surface area contributed by atoms with Crippen LogP contribution >= 0.6 is 35.3 Å². The molecule has 1 aromatic rings. The summed E-state index contributed by atoms with van der Waals surface area (Å²) < 4.78 is 0.344. The average molecular weight is 368 g/mol. The first-order chi connectivity index (χ1) is 11.1. The number of nitrogens with one attached hydrogen (secondary N) is 2. The Bertz CT molecular complexity index is 636. The minimum atomic E-state index is -0.370. The maximum atomic E-state index is 12.4. The molecule has 3 amide bonds. The Morgan fingerprint density at radius 1 is 1.35 bits per heavy atom. The number of thioether (sulfide) groups is 1. The number of thiocarbonyl (C=S) groups is 1. The molecule has 2 fully saturated rings. The minimum Gasteiger partial charge on any atom is -0.334 e. The zero-order valence-electron chi connectivity index (χ0n) is 12.4. The van der Waals surface area contributed by atoms with E-state index in [-0.39, 0.29) is 18.0 Å². The molecule has 2 aliphatic rings. The molecule has 122 valence electrons. The van der Waals surface area contributed by atoms with Gasteiger partial charge in [-0.05, 0) is 42.6 Å². The number of amides is 3. The number of urea groups is 1. The number of rotatable bonds is 3. The summed E-state index contributed by atoms with van der Waals surface area (Å²) >= 11 is 7.95. The van der Waals surface area contributed by atoms with Gasteiger partial charge in [-0.3, -0.25) is 4.79 Å². The van der Waals surface area contributed by atoms with Gasteiger partial charge in [-0.25, -0.2) is 10.2 Å². The molecule has 1 aliphatic carbocycles. The third kappa shape index (κ3) is 4.13. The molecular weight excluding hydrogens is 350 g/mol. The summed E-state index contributed by atoms with van der Waals surface area (Å²) in [7, 11) is 0. The van der Waals surface area contributed by atoms with E-state index in [4.69, 9.17) is 12.2 Å². The van der Waals surface area contributed by atoms with Crippen LogP contribution < -0.4 is 10.7 Å². The van der Waals surface area contributed by atoms with Crippen molar-refractivity contribution in [1.29, 1.82) is 0 Å². The molecule has 1 aliphatic heterocycles. The lowest BCUT2D eigenvalue weighted by molar-refractivity contribution is -0.123. The van der Waals surface area contributed by atoms with Crippen molar-refractivity contribution in [2.45, 2.75) is 38.1 Å². The Hall–Kier alpha value is -1.38. The van der Waals surface area contributed by atoms with Gasteiger partial charge in [0.25, 0.3) is 5.91 Å². The van der Waals surface area contributed by atoms with Crippen molar-refractivity contribution in [3.63, 3.8) is 0 Å². The molecule has 8 heteroatoms. The second-order valence-corrected chi connectivity index (χ2v) is 8.11. The quantitative estimate of drug-likeness (QED) is 0.634. The predicted molar refractivity (Wildman–Crippen MR) is 97.9 cm³/mol. The molecule has 2 heterocycles. The van der Waals surface area contributed by atoms with Gasteiger partial charge in [0, 0.05) is 10.9 Å². The Balaban J connectivity index is 1.60. The molecule has 2 N–H and O–H groups in total. The van der Waals surface area contributed by atoms with Crippen LogP contribution in [0, 0.1) is 0 Å². The van der Waals surface area contributed by atoms with Crippen molar-refractivity contribution in [2.24, 2.45) is 0 Å². The van der Waals surface area contributed by atoms with Gasteiger partial charge in [0.1, 0.15) is 0 Å². The maximum Gasteiger partial charge on any atom is 0.334 e. The molecule has 23 heavy (non-hydrogen) atoms. The lowest BCUT2D eigenvalue weighted by Gasteiger charge is -2.24. The van der Waals surface area contributed by atoms with Crippen LogP contribution in [-0.2, 0) is 4.79 Å². The van der Waals surface area contributed by atoms with Gasteiger partial charge < -0.3 is 5.32 Å². The van der Waals surface area contributed by atoms with Crippen molar-refractivity contribution in [2.75, 3.05) is 0 Å². The molecule has 0 aromatic carbocycles. The van der Waals surface area contributed by atoms with Crippen LogP contribution in [0.3, 0.4) is 0 Å². The molecule has 0 bridgehead atoms. The highest BCUT2D eigenvalue weighted by atomic mass is 32.2. The van der Waals surface area contributed by atoms with Crippen LogP contribution in [0.15, 0.2) is 22.4 Å². The summed E-state index contributed by atoms with van der Waals surface area (Å²) in [5.74, 6) is -0.285. The monoisotopic (exact) mass is 367 g/mol. The van der Waals surface area contributed by atoms with Crippen LogP contribution in [-0.4, -0.2) is 27.3 Å². The van der Waals surface area contributed by atoms with Crippen LogP contribution in [0.25, 0.3) is 6.08 Å². The van der Waals surface area contributed by atoms with Crippen LogP contribution in [0.5, 0.6) is 0 Å². The minimum absolute atomic E-state index is 0.184. The lowest BCUT2D eigenvalue weighted by atomic mass is 9.96. The summed E-state index contributed by atoms with van der Waals surface area (Å²) in [4.78, 5) is 26.0. The third-order valence-electron chi connectivity index (χ3n) is 3.76. The smallest absolute Gasteiger partial charge is 0.334 e. The Kier molecular flexibility index (Phi) is 5.34. The van der Waals surface area contributed by atoms with Crippen LogP contribution in [0.4, 0.5) is 4.79 Å². The van der Waals surface area contributed by atoms with E-state index < -0.39 is 0 Å². The molecule has 1 aromatic heterocycles. The first-order valence-corrected chi connectivity index (χ1v) is 9.62. The first kappa shape index (κ1) is 16.5. The normalized spacial score (nSPS) is 21.0. The van der Waals surface area contributed by atoms with Gasteiger partial charge >= 0.3 is 6.03 Å². The SMILES string of the molecule is O=C(NC1CCCCC1)NN1C(=O)/C(=C/c2cccs2)SC1=S. The number of hydrogen-bond donors (Lipinski definition) is 2. The summed E-state index contributed by atoms with van der Waals surface area (Å²) in [6.45, 7) is 0. The van der Waals surface area contributed by atoms with Gasteiger partial charge in [-0.2, -0.15) is 5.01 Å². The number of carbonyl (C=O) groups is 2. The second kappa shape index (κ2) is 7.46. The predicted octanol–water partition coefficient (Wildman–Crippen LogP) is 3.50. The Morgan fingerprint density at radius 2 is 2.13 bits per heavy atom. The number of nitrogens with zero attached hydrogens (tertiary/aromatic N) is 1. The molecule has 1 saturated heterocycles. The van der Waals surface area contributed by atoms with E-state index in [1.807, 2.05) is 17.5 Å². The molecular formula is C15H17N3O2S3. The van der Waals surface area contributed by atoms with Crippen LogP contribution in [0.1, 0.15) is 37.0 Å². The van der Waals surface area contributed by atoms with Crippen molar-refractivity contribution in [3.05, 3.63) is 27.3 Å². The van der Waals surface area contributed by atoms with Gasteiger partial charge in [-0.1, -0.05) is 37.1 Å². The second-order valence-electron chi connectivity index (χ2n) is 5.45. The maximum absolute atomic E-state index is 12.4. The summed E-state index contributed by atoms with van der Waals surface area (Å²) in [6.07, 6.45) is 7.27. The van der Waals surface area contributed by atoms with Gasteiger partial charge in [0.15, 0.2) is 4.32 Å². The van der Waals surface area contributed by atoms with E-state index in [9.17, 15) is 9.59 Å². The Labute approximate surface area is 148 Å². The fraction of sp³-hybridized carbons (Fsp3) is 0.400. The summed E-state index contributed by atoms with van der Waals surface area (Å²) in [5, 5.41) is 6.01. The average Bonchev–Trinajstić information content (AvgIpc) is 3.13. The van der Waals surface area contributed by atoms with E-state index >= 15 is 0 Å². The zero-order chi connectivity index (χ0) is 16.2. The van der Waals surface area contributed by atoms with E-state index in [0.29, 0.717) is 9.23 Å². The third-order valence-corrected chi connectivity index (χ3v) is 5.89. The Morgan fingerprint density at radius 3 is 2.83 bits per heavy atom. The van der Waals surface area contributed by atoms with Crippen molar-refractivity contribution in [1.82, 2.24) is 15.8 Å². The fourth-order valence-electron chi connectivity index (χ4n) is 2.63. The lowest BCUT2D eigenvalue weighted by Crippen LogP contribution is -2.51.